The zero-order chi connectivity index (χ0) is 37.5. The lowest BCUT2D eigenvalue weighted by molar-refractivity contribution is -0.154. The molecule has 1 unspecified atom stereocenters. The number of carbonyl (C=O) groups excluding carboxylic acids is 2. The number of esters is 2. The van der Waals surface area contributed by atoms with Crippen LogP contribution >= 0.6 is 7.82 Å². The van der Waals surface area contributed by atoms with Gasteiger partial charge in [0.1, 0.15) is 6.61 Å². The number of unbranched alkanes of at least 4 members (excludes halogenated alkanes) is 26. The molecule has 0 fully saturated rings. The molecule has 0 aliphatic rings. The fraction of sp³-hybridized carbons (Fsp3) is 0.854. The Hall–Kier alpha value is -1.51. The Balaban J connectivity index is 4.26. The molecule has 0 aromatic heterocycles. The molecular formula is C41H78NO8P. The molecule has 3 N–H and O–H groups in total. The topological polar surface area (TPSA) is 134 Å². The van der Waals surface area contributed by atoms with Crippen molar-refractivity contribution in [3.8, 4) is 0 Å². The number of phosphoric ester groups is 1. The monoisotopic (exact) mass is 744 g/mol. The number of nitrogens with two attached hydrogens (primary N) is 1. The summed E-state index contributed by atoms with van der Waals surface area (Å²) in [5.41, 5.74) is 5.33. The molecule has 0 aliphatic heterocycles. The van der Waals surface area contributed by atoms with Gasteiger partial charge in [0.25, 0.3) is 0 Å². The first-order valence-corrected chi connectivity index (χ1v) is 22.4. The van der Waals surface area contributed by atoms with Crippen molar-refractivity contribution in [1.29, 1.82) is 0 Å². The largest absolute Gasteiger partial charge is 0.472 e. The zero-order valence-corrected chi connectivity index (χ0v) is 33.7. The van der Waals surface area contributed by atoms with E-state index in [0.29, 0.717) is 0 Å². The van der Waals surface area contributed by atoms with E-state index < -0.39 is 32.5 Å². The van der Waals surface area contributed by atoms with E-state index in [2.05, 4.69) is 13.8 Å². The maximum absolute atomic E-state index is 12.5. The van der Waals surface area contributed by atoms with Crippen molar-refractivity contribution in [2.75, 3.05) is 26.4 Å². The van der Waals surface area contributed by atoms with E-state index in [9.17, 15) is 19.0 Å². The normalized spacial score (nSPS) is 13.6. The van der Waals surface area contributed by atoms with Crippen molar-refractivity contribution >= 4 is 19.8 Å². The summed E-state index contributed by atoms with van der Waals surface area (Å²) in [5.74, 6) is -1.21. The summed E-state index contributed by atoms with van der Waals surface area (Å²) < 4.78 is 32.4. The third-order valence-electron chi connectivity index (χ3n) is 8.95. The fourth-order valence-corrected chi connectivity index (χ4v) is 6.61. The first kappa shape index (κ1) is 49.5. The first-order valence-electron chi connectivity index (χ1n) is 20.9. The second kappa shape index (κ2) is 38.2. The lowest BCUT2D eigenvalue weighted by Gasteiger charge is -2.18. The highest BCUT2D eigenvalue weighted by atomic mass is 31.2. The maximum Gasteiger partial charge on any atom is 0.472 e. The highest BCUT2D eigenvalue weighted by Gasteiger charge is 2.25. The Morgan fingerprint density at radius 1 is 0.569 bits per heavy atom. The van der Waals surface area contributed by atoms with Crippen LogP contribution in [0.5, 0.6) is 0 Å². The molecule has 0 saturated heterocycles. The third kappa shape index (κ3) is 38.0. The van der Waals surface area contributed by atoms with Crippen molar-refractivity contribution < 1.29 is 37.6 Å². The molecule has 0 rings (SSSR count). The molecule has 0 aliphatic carbocycles. The Morgan fingerprint density at radius 2 is 0.941 bits per heavy atom. The smallest absolute Gasteiger partial charge is 0.458 e. The Kier molecular flexibility index (Phi) is 37.1. The summed E-state index contributed by atoms with van der Waals surface area (Å²) in [6, 6.07) is 0. The van der Waals surface area contributed by atoms with Gasteiger partial charge in [-0.1, -0.05) is 180 Å². The first-order chi connectivity index (χ1) is 24.8. The summed E-state index contributed by atoms with van der Waals surface area (Å²) in [5, 5.41) is 0. The number of rotatable bonds is 39. The van der Waals surface area contributed by atoms with E-state index in [-0.39, 0.29) is 19.8 Å². The fourth-order valence-electron chi connectivity index (χ4n) is 5.84. The number of hydrogen-bond acceptors (Lipinski definition) is 8. The second-order valence-corrected chi connectivity index (χ2v) is 15.4. The van der Waals surface area contributed by atoms with Crippen molar-refractivity contribution in [2.45, 2.75) is 200 Å². The maximum atomic E-state index is 12.5. The molecule has 0 amide bonds. The van der Waals surface area contributed by atoms with Crippen LogP contribution in [0, 0.1) is 0 Å². The average Bonchev–Trinajstić information content (AvgIpc) is 3.11. The van der Waals surface area contributed by atoms with Gasteiger partial charge < -0.3 is 20.1 Å². The molecule has 300 valence electrons. The highest BCUT2D eigenvalue weighted by Crippen LogP contribution is 2.43. The van der Waals surface area contributed by atoms with Gasteiger partial charge in [0.15, 0.2) is 6.10 Å². The molecule has 0 spiro atoms. The lowest BCUT2D eigenvalue weighted by atomic mass is 10.0. The molecule has 9 nitrogen and oxygen atoms in total. The standard InChI is InChI=1S/C41H78NO8P/c1-3-5-7-9-11-13-15-17-19-21-23-25-27-29-31-33-40(43)47-37-39(38-49-51(45,46)48-36-35-42)50-41(44)34-32-30-28-26-24-22-20-18-16-14-12-10-8-6-4-2/h31-34,39H,3-30,35-38,42H2,1-2H3,(H,45,46)/t39-/m1/s1. The molecular weight excluding hydrogens is 665 g/mol. The van der Waals surface area contributed by atoms with E-state index in [1.54, 1.807) is 12.2 Å². The van der Waals surface area contributed by atoms with Crippen LogP contribution < -0.4 is 5.73 Å². The van der Waals surface area contributed by atoms with Gasteiger partial charge in [0.05, 0.1) is 13.2 Å². The van der Waals surface area contributed by atoms with E-state index in [1.807, 2.05) is 0 Å². The molecule has 51 heavy (non-hydrogen) atoms. The summed E-state index contributed by atoms with van der Waals surface area (Å²) in [7, 11) is -4.40. The van der Waals surface area contributed by atoms with Crippen LogP contribution in [0.15, 0.2) is 24.3 Å². The zero-order valence-electron chi connectivity index (χ0n) is 32.8. The van der Waals surface area contributed by atoms with Crippen LogP contribution in [0.25, 0.3) is 0 Å². The number of allylic oxidation sites excluding steroid dienone is 2. The van der Waals surface area contributed by atoms with Gasteiger partial charge >= 0.3 is 19.8 Å². The van der Waals surface area contributed by atoms with Crippen LogP contribution in [0.3, 0.4) is 0 Å². The van der Waals surface area contributed by atoms with E-state index in [0.717, 1.165) is 38.5 Å². The molecule has 10 heteroatoms. The van der Waals surface area contributed by atoms with Gasteiger partial charge in [0, 0.05) is 18.7 Å². The van der Waals surface area contributed by atoms with E-state index in [4.69, 9.17) is 24.3 Å². The van der Waals surface area contributed by atoms with Gasteiger partial charge in [-0.05, 0) is 25.7 Å². The number of ether oxygens (including phenoxy) is 2. The minimum atomic E-state index is -4.40. The van der Waals surface area contributed by atoms with Gasteiger partial charge in [-0.3, -0.25) is 9.05 Å². The quantitative estimate of drug-likeness (QED) is 0.0273. The van der Waals surface area contributed by atoms with Gasteiger partial charge in [-0.15, -0.1) is 0 Å². The lowest BCUT2D eigenvalue weighted by Crippen LogP contribution is -2.29. The second-order valence-electron chi connectivity index (χ2n) is 13.9. The molecule has 0 saturated carbocycles. The number of hydrogen-bond donors (Lipinski definition) is 2. The van der Waals surface area contributed by atoms with Crippen molar-refractivity contribution in [1.82, 2.24) is 0 Å². The van der Waals surface area contributed by atoms with Crippen LogP contribution in [0.1, 0.15) is 194 Å². The predicted molar refractivity (Wildman–Crippen MR) is 211 cm³/mol. The van der Waals surface area contributed by atoms with Crippen LogP contribution in [-0.4, -0.2) is 49.3 Å². The predicted octanol–water partition coefficient (Wildman–Crippen LogP) is 11.6. The minimum absolute atomic E-state index is 0.0413. The molecule has 0 aromatic carbocycles. The third-order valence-corrected chi connectivity index (χ3v) is 9.93. The highest BCUT2D eigenvalue weighted by molar-refractivity contribution is 7.47. The van der Waals surface area contributed by atoms with Crippen LogP contribution in [0.4, 0.5) is 0 Å². The number of phosphoric acid groups is 1. The molecule has 0 bridgehead atoms. The minimum Gasteiger partial charge on any atom is -0.458 e. The summed E-state index contributed by atoms with van der Waals surface area (Å²) in [4.78, 5) is 34.6. The Labute approximate surface area is 312 Å². The van der Waals surface area contributed by atoms with Crippen molar-refractivity contribution in [3.63, 3.8) is 0 Å². The van der Waals surface area contributed by atoms with Gasteiger partial charge in [-0.25, -0.2) is 14.2 Å². The van der Waals surface area contributed by atoms with E-state index >= 15 is 0 Å². The molecule has 0 radical (unpaired) electrons. The van der Waals surface area contributed by atoms with Gasteiger partial charge in [-0.2, -0.15) is 0 Å². The molecule has 0 heterocycles. The van der Waals surface area contributed by atoms with Crippen LogP contribution in [-0.2, 0) is 32.7 Å². The van der Waals surface area contributed by atoms with Crippen molar-refractivity contribution in [3.05, 3.63) is 24.3 Å². The Morgan fingerprint density at radius 3 is 1.33 bits per heavy atom. The van der Waals surface area contributed by atoms with Gasteiger partial charge in [0.2, 0.25) is 0 Å². The summed E-state index contributed by atoms with van der Waals surface area (Å²) >= 11 is 0. The summed E-state index contributed by atoms with van der Waals surface area (Å²) in [6.07, 6.45) is 40.1. The van der Waals surface area contributed by atoms with E-state index in [1.165, 1.54) is 153 Å². The van der Waals surface area contributed by atoms with Crippen molar-refractivity contribution in [2.24, 2.45) is 5.73 Å². The Bertz CT molecular complexity index is 897. The molecule has 2 atom stereocenters. The SMILES string of the molecule is CCCCCCCCCCCCCCCC=CC(=O)OC[C@H](COP(=O)(O)OCCN)OC(=O)C=CCCCCCCCCCCCCCCC. The number of carbonyl (C=O) groups is 2. The van der Waals surface area contributed by atoms with Crippen LogP contribution in [0.2, 0.25) is 0 Å². The molecule has 0 aromatic rings. The average molecular weight is 744 g/mol. The summed E-state index contributed by atoms with van der Waals surface area (Å²) in [6.45, 7) is 3.58.